The Morgan fingerprint density at radius 3 is 2.69 bits per heavy atom. The molecule has 86 valence electrons. The average Bonchev–Trinajstić information content (AvgIpc) is 2.99. The molecule has 0 spiro atoms. The fourth-order valence-electron chi connectivity index (χ4n) is 1.45. The van der Waals surface area contributed by atoms with Crippen molar-refractivity contribution in [3.63, 3.8) is 0 Å². The third kappa shape index (κ3) is 1.68. The first-order valence-electron chi connectivity index (χ1n) is 4.83. The number of nitrogens with zero attached hydrogens (tertiary/aromatic N) is 1. The number of benzene rings is 1. The van der Waals surface area contributed by atoms with Crippen molar-refractivity contribution in [2.75, 3.05) is 24.6 Å². The highest BCUT2D eigenvalue weighted by molar-refractivity contribution is 7.90. The molecule has 2 aliphatic rings. The minimum atomic E-state index is -3.37. The Kier molecular flexibility index (Phi) is 1.98. The zero-order valence-corrected chi connectivity index (χ0v) is 9.16. The van der Waals surface area contributed by atoms with Crippen LogP contribution in [0.25, 0.3) is 0 Å². The minimum Gasteiger partial charge on any atom is -0.454 e. The van der Waals surface area contributed by atoms with Crippen molar-refractivity contribution in [2.24, 2.45) is 0 Å². The summed E-state index contributed by atoms with van der Waals surface area (Å²) >= 11 is 0. The Hall–Kier alpha value is -1.47. The van der Waals surface area contributed by atoms with Crippen LogP contribution in [0.2, 0.25) is 0 Å². The Bertz CT molecular complexity index is 524. The lowest BCUT2D eigenvalue weighted by Gasteiger charge is -2.08. The molecule has 6 nitrogen and oxygen atoms in total. The molecule has 1 saturated heterocycles. The number of hydrogen-bond acceptors (Lipinski definition) is 4. The van der Waals surface area contributed by atoms with Gasteiger partial charge in [-0.25, -0.2) is 0 Å². The normalized spacial score (nSPS) is 18.5. The van der Waals surface area contributed by atoms with Crippen LogP contribution < -0.4 is 14.2 Å². The molecule has 16 heavy (non-hydrogen) atoms. The molecule has 1 aromatic rings. The first kappa shape index (κ1) is 9.73. The third-order valence-corrected chi connectivity index (χ3v) is 3.90. The van der Waals surface area contributed by atoms with Crippen LogP contribution in [0.3, 0.4) is 0 Å². The molecular formula is C9H10N2O4S. The van der Waals surface area contributed by atoms with Crippen LogP contribution in [0, 0.1) is 0 Å². The summed E-state index contributed by atoms with van der Waals surface area (Å²) in [4.78, 5) is 0. The van der Waals surface area contributed by atoms with E-state index in [1.165, 1.54) is 4.31 Å². The molecule has 2 aliphatic heterocycles. The largest absolute Gasteiger partial charge is 0.454 e. The van der Waals surface area contributed by atoms with Gasteiger partial charge in [0.2, 0.25) is 6.79 Å². The Labute approximate surface area is 92.9 Å². The number of anilines is 1. The highest BCUT2D eigenvalue weighted by atomic mass is 32.2. The summed E-state index contributed by atoms with van der Waals surface area (Å²) in [5, 5.41) is 0. The van der Waals surface area contributed by atoms with Crippen molar-refractivity contribution in [1.82, 2.24) is 4.31 Å². The molecule has 0 radical (unpaired) electrons. The predicted molar refractivity (Wildman–Crippen MR) is 56.7 cm³/mol. The maximum Gasteiger partial charge on any atom is 0.301 e. The summed E-state index contributed by atoms with van der Waals surface area (Å²) in [6, 6.07) is 4.94. The number of hydrogen-bond donors (Lipinski definition) is 1. The van der Waals surface area contributed by atoms with Crippen molar-refractivity contribution in [3.8, 4) is 11.5 Å². The molecule has 0 amide bonds. The Morgan fingerprint density at radius 1 is 1.19 bits per heavy atom. The molecule has 7 heteroatoms. The van der Waals surface area contributed by atoms with E-state index in [2.05, 4.69) is 4.72 Å². The van der Waals surface area contributed by atoms with Gasteiger partial charge in [-0.3, -0.25) is 4.72 Å². The molecule has 0 atom stereocenters. The van der Waals surface area contributed by atoms with Gasteiger partial charge in [-0.1, -0.05) is 0 Å². The molecular weight excluding hydrogens is 232 g/mol. The van der Waals surface area contributed by atoms with E-state index in [1.54, 1.807) is 18.2 Å². The fourth-order valence-corrected chi connectivity index (χ4v) is 2.57. The van der Waals surface area contributed by atoms with Gasteiger partial charge in [0.05, 0.1) is 5.69 Å². The highest BCUT2D eigenvalue weighted by Gasteiger charge is 2.31. The molecule has 0 saturated carbocycles. The van der Waals surface area contributed by atoms with E-state index >= 15 is 0 Å². The van der Waals surface area contributed by atoms with Crippen LogP contribution in [-0.4, -0.2) is 32.6 Å². The third-order valence-electron chi connectivity index (χ3n) is 2.37. The lowest BCUT2D eigenvalue weighted by molar-refractivity contribution is 0.174. The Morgan fingerprint density at radius 2 is 1.94 bits per heavy atom. The van der Waals surface area contributed by atoms with Crippen LogP contribution >= 0.6 is 0 Å². The van der Waals surface area contributed by atoms with Crippen LogP contribution in [0.15, 0.2) is 18.2 Å². The van der Waals surface area contributed by atoms with Gasteiger partial charge < -0.3 is 9.47 Å². The molecule has 3 rings (SSSR count). The van der Waals surface area contributed by atoms with Crippen molar-refractivity contribution in [1.29, 1.82) is 0 Å². The monoisotopic (exact) mass is 242 g/mol. The predicted octanol–water partition coefficient (Wildman–Crippen LogP) is 0.388. The molecule has 0 aromatic heterocycles. The second kappa shape index (κ2) is 3.26. The van der Waals surface area contributed by atoms with Gasteiger partial charge in [-0.15, -0.1) is 0 Å². The lowest BCUT2D eigenvalue weighted by atomic mass is 10.3. The Balaban J connectivity index is 1.85. The van der Waals surface area contributed by atoms with E-state index in [1.807, 2.05) is 0 Å². The summed E-state index contributed by atoms with van der Waals surface area (Å²) < 4.78 is 37.3. The molecule has 0 aliphatic carbocycles. The number of fused-ring (bicyclic) bond motifs is 1. The van der Waals surface area contributed by atoms with E-state index < -0.39 is 10.2 Å². The van der Waals surface area contributed by atoms with Crippen molar-refractivity contribution in [2.45, 2.75) is 0 Å². The molecule has 1 N–H and O–H groups in total. The van der Waals surface area contributed by atoms with Gasteiger partial charge >= 0.3 is 10.2 Å². The maximum atomic E-state index is 11.6. The fraction of sp³-hybridized carbons (Fsp3) is 0.333. The van der Waals surface area contributed by atoms with E-state index in [9.17, 15) is 8.42 Å². The van der Waals surface area contributed by atoms with Gasteiger partial charge in [0, 0.05) is 19.2 Å². The van der Waals surface area contributed by atoms with Gasteiger partial charge in [0.25, 0.3) is 0 Å². The minimum absolute atomic E-state index is 0.178. The van der Waals surface area contributed by atoms with Gasteiger partial charge in [0.1, 0.15) is 0 Å². The van der Waals surface area contributed by atoms with Gasteiger partial charge in [-0.05, 0) is 12.1 Å². The summed E-state index contributed by atoms with van der Waals surface area (Å²) in [6.45, 7) is 1.34. The van der Waals surface area contributed by atoms with Crippen LogP contribution in [0.4, 0.5) is 5.69 Å². The van der Waals surface area contributed by atoms with E-state index in [4.69, 9.17) is 9.47 Å². The highest BCUT2D eigenvalue weighted by Crippen LogP contribution is 2.34. The second-order valence-corrected chi connectivity index (χ2v) is 5.24. The van der Waals surface area contributed by atoms with Crippen molar-refractivity contribution >= 4 is 15.9 Å². The molecule has 0 unspecified atom stereocenters. The van der Waals surface area contributed by atoms with Crippen molar-refractivity contribution in [3.05, 3.63) is 18.2 Å². The number of nitrogens with one attached hydrogen (secondary N) is 1. The summed E-state index contributed by atoms with van der Waals surface area (Å²) in [5.41, 5.74) is 0.483. The van der Waals surface area contributed by atoms with E-state index in [0.717, 1.165) is 0 Å². The topological polar surface area (TPSA) is 67.6 Å². The van der Waals surface area contributed by atoms with Gasteiger partial charge in [-0.2, -0.15) is 12.7 Å². The van der Waals surface area contributed by atoms with E-state index in [0.29, 0.717) is 30.3 Å². The molecule has 2 heterocycles. The van der Waals surface area contributed by atoms with Crippen molar-refractivity contribution < 1.29 is 17.9 Å². The van der Waals surface area contributed by atoms with Crippen LogP contribution in [0.1, 0.15) is 0 Å². The quantitative estimate of drug-likeness (QED) is 0.778. The van der Waals surface area contributed by atoms with Crippen LogP contribution in [-0.2, 0) is 10.2 Å². The SMILES string of the molecule is O=S(=O)(Nc1ccc2c(c1)OCO2)N1CC1. The first-order valence-corrected chi connectivity index (χ1v) is 6.27. The molecule has 1 aromatic carbocycles. The zero-order chi connectivity index (χ0) is 11.2. The van der Waals surface area contributed by atoms with Gasteiger partial charge in [0.15, 0.2) is 11.5 Å². The second-order valence-electron chi connectivity index (χ2n) is 3.57. The standard InChI is InChI=1S/C9H10N2O4S/c12-16(13,11-3-4-11)10-7-1-2-8-9(5-7)15-6-14-8/h1-2,5,10H,3-4,6H2. The van der Waals surface area contributed by atoms with E-state index in [-0.39, 0.29) is 6.79 Å². The number of ether oxygens (including phenoxy) is 2. The summed E-state index contributed by atoms with van der Waals surface area (Å²) in [6.07, 6.45) is 0. The van der Waals surface area contributed by atoms with Crippen LogP contribution in [0.5, 0.6) is 11.5 Å². The summed E-state index contributed by atoms with van der Waals surface area (Å²) in [5.74, 6) is 1.20. The first-order chi connectivity index (χ1) is 7.65. The number of rotatable bonds is 3. The zero-order valence-electron chi connectivity index (χ0n) is 8.34. The lowest BCUT2D eigenvalue weighted by Crippen LogP contribution is -2.20. The smallest absolute Gasteiger partial charge is 0.301 e. The molecule has 0 bridgehead atoms. The molecule has 1 fully saturated rings. The average molecular weight is 242 g/mol. The summed E-state index contributed by atoms with van der Waals surface area (Å²) in [7, 11) is -3.37. The maximum absolute atomic E-state index is 11.6.